The molecule has 2 saturated heterocycles. The fraction of sp³-hybridized carbons (Fsp3) is 0.429. The van der Waals surface area contributed by atoms with Crippen molar-refractivity contribution < 1.29 is 9.53 Å². The van der Waals surface area contributed by atoms with Crippen LogP contribution in [0, 0.1) is 6.92 Å². The van der Waals surface area contributed by atoms with Gasteiger partial charge in [-0.15, -0.1) is 0 Å². The first-order valence-corrected chi connectivity index (χ1v) is 9.36. The molecule has 0 saturated carbocycles. The number of amides is 1. The summed E-state index contributed by atoms with van der Waals surface area (Å²) in [6.45, 7) is 5.68. The second-order valence-corrected chi connectivity index (χ2v) is 7.22. The van der Waals surface area contributed by atoms with Crippen LogP contribution in [0.2, 0.25) is 0 Å². The Morgan fingerprint density at radius 3 is 2.58 bits per heavy atom. The summed E-state index contributed by atoms with van der Waals surface area (Å²) < 4.78 is 6.11. The highest BCUT2D eigenvalue weighted by Gasteiger charge is 2.36. The van der Waals surface area contributed by atoms with E-state index in [9.17, 15) is 4.79 Å². The van der Waals surface area contributed by atoms with Gasteiger partial charge in [-0.25, -0.2) is 0 Å². The Kier molecular flexibility index (Phi) is 4.89. The molecule has 2 aliphatic rings. The van der Waals surface area contributed by atoms with Gasteiger partial charge in [0, 0.05) is 44.6 Å². The van der Waals surface area contributed by atoms with Crippen molar-refractivity contribution in [1.82, 2.24) is 14.8 Å². The number of carbonyl (C=O) groups is 1. The molecule has 1 aromatic carbocycles. The molecule has 0 spiro atoms. The van der Waals surface area contributed by atoms with Gasteiger partial charge in [0.15, 0.2) is 0 Å². The molecule has 0 aliphatic carbocycles. The first kappa shape index (κ1) is 17.0. The van der Waals surface area contributed by atoms with Crippen LogP contribution in [0.15, 0.2) is 48.8 Å². The first-order valence-electron chi connectivity index (χ1n) is 9.36. The molecule has 0 unspecified atom stereocenters. The van der Waals surface area contributed by atoms with Gasteiger partial charge in [0.25, 0.3) is 5.91 Å². The number of carbonyl (C=O) groups excluding carboxylic acids is 1. The van der Waals surface area contributed by atoms with Crippen LogP contribution in [0.1, 0.15) is 28.8 Å². The van der Waals surface area contributed by atoms with Crippen molar-refractivity contribution in [3.63, 3.8) is 0 Å². The second kappa shape index (κ2) is 7.46. The Labute approximate surface area is 154 Å². The van der Waals surface area contributed by atoms with E-state index in [0.717, 1.165) is 44.8 Å². The van der Waals surface area contributed by atoms with E-state index < -0.39 is 0 Å². The van der Waals surface area contributed by atoms with Crippen molar-refractivity contribution in [3.8, 4) is 5.75 Å². The maximum atomic E-state index is 12.5. The number of ether oxygens (including phenoxy) is 1. The minimum atomic E-state index is 0.0981. The molecule has 136 valence electrons. The molecule has 1 aromatic heterocycles. The first-order chi connectivity index (χ1) is 12.7. The van der Waals surface area contributed by atoms with Gasteiger partial charge in [0.1, 0.15) is 11.9 Å². The van der Waals surface area contributed by atoms with E-state index in [1.54, 1.807) is 12.4 Å². The predicted molar refractivity (Wildman–Crippen MR) is 100 cm³/mol. The van der Waals surface area contributed by atoms with E-state index in [-0.39, 0.29) is 12.0 Å². The summed E-state index contributed by atoms with van der Waals surface area (Å²) in [5.41, 5.74) is 1.87. The molecule has 5 heteroatoms. The number of hydrogen-bond acceptors (Lipinski definition) is 4. The van der Waals surface area contributed by atoms with Crippen LogP contribution >= 0.6 is 0 Å². The van der Waals surface area contributed by atoms with Crippen LogP contribution in [0.5, 0.6) is 5.75 Å². The van der Waals surface area contributed by atoms with Crippen LogP contribution in [0.4, 0.5) is 0 Å². The van der Waals surface area contributed by atoms with Crippen molar-refractivity contribution >= 4 is 5.91 Å². The van der Waals surface area contributed by atoms with Gasteiger partial charge in [0.2, 0.25) is 0 Å². The van der Waals surface area contributed by atoms with Gasteiger partial charge in [-0.2, -0.15) is 0 Å². The van der Waals surface area contributed by atoms with Crippen molar-refractivity contribution in [3.05, 3.63) is 59.9 Å². The minimum Gasteiger partial charge on any atom is -0.487 e. The number of piperidine rings is 1. The van der Waals surface area contributed by atoms with E-state index in [1.807, 2.05) is 35.2 Å². The number of nitrogens with zero attached hydrogens (tertiary/aromatic N) is 3. The number of rotatable bonds is 4. The van der Waals surface area contributed by atoms with Crippen molar-refractivity contribution in [2.45, 2.75) is 31.9 Å². The number of aryl methyl sites for hydroxylation is 1. The van der Waals surface area contributed by atoms with Crippen molar-refractivity contribution in [1.29, 1.82) is 0 Å². The monoisotopic (exact) mass is 351 g/mol. The molecule has 3 heterocycles. The van der Waals surface area contributed by atoms with E-state index in [2.05, 4.69) is 22.9 Å². The van der Waals surface area contributed by atoms with Crippen LogP contribution in [0.3, 0.4) is 0 Å². The lowest BCUT2D eigenvalue weighted by Gasteiger charge is -2.46. The number of likely N-dealkylation sites (tertiary alicyclic amines) is 2. The van der Waals surface area contributed by atoms with E-state index in [4.69, 9.17) is 4.74 Å². The van der Waals surface area contributed by atoms with Crippen LogP contribution in [-0.4, -0.2) is 59.0 Å². The molecule has 4 rings (SSSR count). The summed E-state index contributed by atoms with van der Waals surface area (Å²) in [7, 11) is 0. The minimum absolute atomic E-state index is 0.0981. The number of aromatic nitrogens is 1. The lowest BCUT2D eigenvalue weighted by Crippen LogP contribution is -2.60. The van der Waals surface area contributed by atoms with Crippen molar-refractivity contribution in [2.75, 3.05) is 26.2 Å². The van der Waals surface area contributed by atoms with Gasteiger partial charge >= 0.3 is 0 Å². The summed E-state index contributed by atoms with van der Waals surface area (Å²) in [6.07, 6.45) is 5.69. The van der Waals surface area contributed by atoms with Crippen molar-refractivity contribution in [2.24, 2.45) is 0 Å². The third-order valence-electron chi connectivity index (χ3n) is 5.44. The Morgan fingerprint density at radius 2 is 1.88 bits per heavy atom. The SMILES string of the molecule is Cc1ccccc1OC1CN(C2CCN(C(=O)c3cccnc3)CC2)C1. The van der Waals surface area contributed by atoms with Crippen LogP contribution in [-0.2, 0) is 0 Å². The Balaban J connectivity index is 1.24. The predicted octanol–water partition coefficient (Wildman–Crippen LogP) is 2.76. The summed E-state index contributed by atoms with van der Waals surface area (Å²) in [5, 5.41) is 0. The molecular formula is C21H25N3O2. The second-order valence-electron chi connectivity index (χ2n) is 7.22. The molecule has 0 N–H and O–H groups in total. The maximum Gasteiger partial charge on any atom is 0.255 e. The normalized spacial score (nSPS) is 19.2. The fourth-order valence-corrected chi connectivity index (χ4v) is 3.82. The Morgan fingerprint density at radius 1 is 1.12 bits per heavy atom. The lowest BCUT2D eigenvalue weighted by atomic mass is 9.98. The average Bonchev–Trinajstić information content (AvgIpc) is 2.66. The van der Waals surface area contributed by atoms with E-state index in [1.165, 1.54) is 5.56 Å². The van der Waals surface area contributed by atoms with E-state index in [0.29, 0.717) is 11.6 Å². The van der Waals surface area contributed by atoms with Gasteiger partial charge in [-0.1, -0.05) is 18.2 Å². The Hall–Kier alpha value is -2.40. The topological polar surface area (TPSA) is 45.7 Å². The molecule has 2 fully saturated rings. The number of benzene rings is 1. The molecule has 0 atom stereocenters. The van der Waals surface area contributed by atoms with Crippen LogP contribution < -0.4 is 4.74 Å². The number of pyridine rings is 1. The summed E-state index contributed by atoms with van der Waals surface area (Å²) in [5.74, 6) is 1.09. The zero-order valence-corrected chi connectivity index (χ0v) is 15.2. The highest BCUT2D eigenvalue weighted by atomic mass is 16.5. The highest BCUT2D eigenvalue weighted by Crippen LogP contribution is 2.26. The molecular weight excluding hydrogens is 326 g/mol. The smallest absolute Gasteiger partial charge is 0.255 e. The molecule has 2 aliphatic heterocycles. The molecule has 0 radical (unpaired) electrons. The Bertz CT molecular complexity index is 751. The highest BCUT2D eigenvalue weighted by molar-refractivity contribution is 5.93. The molecule has 1 amide bonds. The lowest BCUT2D eigenvalue weighted by molar-refractivity contribution is -0.0252. The molecule has 5 nitrogen and oxygen atoms in total. The zero-order valence-electron chi connectivity index (χ0n) is 15.2. The van der Waals surface area contributed by atoms with Crippen LogP contribution in [0.25, 0.3) is 0 Å². The van der Waals surface area contributed by atoms with E-state index >= 15 is 0 Å². The fourth-order valence-electron chi connectivity index (χ4n) is 3.82. The third-order valence-corrected chi connectivity index (χ3v) is 5.44. The molecule has 0 bridgehead atoms. The van der Waals surface area contributed by atoms with Gasteiger partial charge in [0.05, 0.1) is 5.56 Å². The average molecular weight is 351 g/mol. The molecule has 2 aromatic rings. The quantitative estimate of drug-likeness (QED) is 0.850. The zero-order chi connectivity index (χ0) is 17.9. The third kappa shape index (κ3) is 3.58. The van der Waals surface area contributed by atoms with Gasteiger partial charge < -0.3 is 9.64 Å². The number of para-hydroxylation sites is 1. The summed E-state index contributed by atoms with van der Waals surface area (Å²) in [4.78, 5) is 21.0. The standard InChI is InChI=1S/C21H25N3O2/c1-16-5-2-3-7-20(16)26-19-14-24(15-19)18-8-11-23(12-9-18)21(25)17-6-4-10-22-13-17/h2-7,10,13,18-19H,8-9,11-12,14-15H2,1H3. The largest absolute Gasteiger partial charge is 0.487 e. The summed E-state index contributed by atoms with van der Waals surface area (Å²) in [6, 6.07) is 12.4. The maximum absolute atomic E-state index is 12.5. The summed E-state index contributed by atoms with van der Waals surface area (Å²) >= 11 is 0. The van der Waals surface area contributed by atoms with Gasteiger partial charge in [-0.05, 0) is 43.5 Å². The molecule has 26 heavy (non-hydrogen) atoms. The number of hydrogen-bond donors (Lipinski definition) is 0. The van der Waals surface area contributed by atoms with Gasteiger partial charge in [-0.3, -0.25) is 14.7 Å².